The normalized spacial score (nSPS) is 13.7. The molecule has 0 aliphatic heterocycles. The van der Waals surface area contributed by atoms with E-state index in [1.54, 1.807) is 6.07 Å². The van der Waals surface area contributed by atoms with E-state index in [0.717, 1.165) is 25.0 Å². The smallest absolute Gasteiger partial charge is 0.267 e. The van der Waals surface area contributed by atoms with Gasteiger partial charge in [0.25, 0.3) is 11.8 Å². The third-order valence-corrected chi connectivity index (χ3v) is 4.65. The largest absolute Gasteiger partial charge is 0.416 e. The second-order valence-corrected chi connectivity index (χ2v) is 6.83. The molecule has 0 spiro atoms. The van der Waals surface area contributed by atoms with E-state index in [2.05, 4.69) is 20.9 Å². The summed E-state index contributed by atoms with van der Waals surface area (Å²) in [7, 11) is 0. The molecule has 2 heterocycles. The third-order valence-electron chi connectivity index (χ3n) is 4.65. The zero-order valence-corrected chi connectivity index (χ0v) is 15.5. The topological polar surface area (TPSA) is 88.9 Å². The van der Waals surface area contributed by atoms with Gasteiger partial charge in [0.2, 0.25) is 0 Å². The highest BCUT2D eigenvalue weighted by molar-refractivity contribution is 5.99. The van der Waals surface area contributed by atoms with Crippen LogP contribution < -0.4 is 10.9 Å². The Balaban J connectivity index is 1.58. The van der Waals surface area contributed by atoms with Crippen molar-refractivity contribution in [3.63, 3.8) is 0 Å². The van der Waals surface area contributed by atoms with Crippen LogP contribution in [0.25, 0.3) is 5.69 Å². The van der Waals surface area contributed by atoms with Crippen LogP contribution in [0.1, 0.15) is 50.7 Å². The maximum atomic E-state index is 13.1. The van der Waals surface area contributed by atoms with E-state index >= 15 is 0 Å². The van der Waals surface area contributed by atoms with Gasteiger partial charge in [0.1, 0.15) is 0 Å². The van der Waals surface area contributed by atoms with E-state index in [1.807, 2.05) is 0 Å². The minimum absolute atomic E-state index is 0.0109. The van der Waals surface area contributed by atoms with Crippen molar-refractivity contribution >= 4 is 11.8 Å². The number of alkyl halides is 3. The molecule has 154 valence electrons. The number of nitrogens with zero attached hydrogens (tertiary/aromatic N) is 3. The number of pyridine rings is 1. The van der Waals surface area contributed by atoms with Crippen LogP contribution in [-0.4, -0.2) is 26.6 Å². The number of halogens is 3. The minimum Gasteiger partial charge on any atom is -0.267 e. The van der Waals surface area contributed by atoms with Crippen LogP contribution >= 0.6 is 0 Å². The van der Waals surface area contributed by atoms with Crippen molar-refractivity contribution in [1.82, 2.24) is 25.6 Å². The van der Waals surface area contributed by atoms with Crippen LogP contribution in [0.4, 0.5) is 13.2 Å². The molecule has 0 radical (unpaired) electrons. The first-order chi connectivity index (χ1) is 14.3. The number of nitrogens with one attached hydrogen (secondary N) is 2. The van der Waals surface area contributed by atoms with Gasteiger partial charge in [0, 0.05) is 18.3 Å². The van der Waals surface area contributed by atoms with Gasteiger partial charge in [-0.15, -0.1) is 0 Å². The average Bonchev–Trinajstić information content (AvgIpc) is 3.49. The van der Waals surface area contributed by atoms with Crippen LogP contribution in [0.15, 0.2) is 55.0 Å². The Morgan fingerprint density at radius 1 is 1.03 bits per heavy atom. The standard InChI is InChI=1S/C20H16F3N5O2/c21-20(22,23)14-4-1-5-15(9-14)28-17(12-6-7-12)16(11-25-28)19(30)27-26-18(29)13-3-2-8-24-10-13/h1-5,8-12H,6-7H2,(H,26,29)(H,27,30). The number of aromatic nitrogens is 3. The van der Waals surface area contributed by atoms with Gasteiger partial charge in [0.05, 0.1) is 34.3 Å². The van der Waals surface area contributed by atoms with E-state index in [-0.39, 0.29) is 22.7 Å². The molecular weight excluding hydrogens is 399 g/mol. The molecule has 0 bridgehead atoms. The lowest BCUT2D eigenvalue weighted by atomic mass is 10.1. The van der Waals surface area contributed by atoms with Crippen molar-refractivity contribution in [2.75, 3.05) is 0 Å². The number of benzene rings is 1. The average molecular weight is 415 g/mol. The first-order valence-electron chi connectivity index (χ1n) is 9.11. The molecule has 1 fully saturated rings. The zero-order valence-electron chi connectivity index (χ0n) is 15.5. The van der Waals surface area contributed by atoms with Gasteiger partial charge in [0.15, 0.2) is 0 Å². The maximum absolute atomic E-state index is 13.1. The molecule has 0 saturated heterocycles. The summed E-state index contributed by atoms with van der Waals surface area (Å²) in [5.41, 5.74) is 5.01. The molecule has 10 heteroatoms. The van der Waals surface area contributed by atoms with Gasteiger partial charge in [-0.05, 0) is 43.2 Å². The second-order valence-electron chi connectivity index (χ2n) is 6.83. The molecule has 4 rings (SSSR count). The number of rotatable bonds is 4. The lowest BCUT2D eigenvalue weighted by Gasteiger charge is -2.12. The predicted octanol–water partition coefficient (Wildman–Crippen LogP) is 3.24. The predicted molar refractivity (Wildman–Crippen MR) is 99.7 cm³/mol. The van der Waals surface area contributed by atoms with Crippen molar-refractivity contribution in [2.45, 2.75) is 24.9 Å². The number of hydrazine groups is 1. The van der Waals surface area contributed by atoms with Crippen LogP contribution in [0.2, 0.25) is 0 Å². The van der Waals surface area contributed by atoms with E-state index in [0.29, 0.717) is 5.69 Å². The second kappa shape index (κ2) is 7.62. The van der Waals surface area contributed by atoms with Gasteiger partial charge in [-0.25, -0.2) is 4.68 Å². The SMILES string of the molecule is O=C(NNC(=O)c1cnn(-c2cccc(C(F)(F)F)c2)c1C1CC1)c1cccnc1. The zero-order chi connectivity index (χ0) is 21.3. The third kappa shape index (κ3) is 4.02. The first kappa shape index (κ1) is 19.6. The number of hydrogen-bond donors (Lipinski definition) is 2. The van der Waals surface area contributed by atoms with Crippen LogP contribution in [0.3, 0.4) is 0 Å². The van der Waals surface area contributed by atoms with Crippen LogP contribution in [-0.2, 0) is 6.18 Å². The summed E-state index contributed by atoms with van der Waals surface area (Å²) < 4.78 is 40.6. The van der Waals surface area contributed by atoms with Gasteiger partial charge in [-0.3, -0.25) is 25.4 Å². The highest BCUT2D eigenvalue weighted by Gasteiger charge is 2.34. The Morgan fingerprint density at radius 2 is 1.80 bits per heavy atom. The molecule has 2 N–H and O–H groups in total. The fraction of sp³-hybridized carbons (Fsp3) is 0.200. The molecule has 1 saturated carbocycles. The van der Waals surface area contributed by atoms with Crippen molar-refractivity contribution in [3.05, 3.63) is 77.4 Å². The molecule has 2 aromatic heterocycles. The fourth-order valence-electron chi connectivity index (χ4n) is 3.05. The highest BCUT2D eigenvalue weighted by atomic mass is 19.4. The summed E-state index contributed by atoms with van der Waals surface area (Å²) in [4.78, 5) is 28.5. The maximum Gasteiger partial charge on any atom is 0.416 e. The van der Waals surface area contributed by atoms with Crippen molar-refractivity contribution in [1.29, 1.82) is 0 Å². The lowest BCUT2D eigenvalue weighted by Crippen LogP contribution is -2.41. The Kier molecular flexibility index (Phi) is 4.98. The molecular formula is C20H16F3N5O2. The van der Waals surface area contributed by atoms with Gasteiger partial charge < -0.3 is 0 Å². The molecule has 7 nitrogen and oxygen atoms in total. The Labute approximate surface area is 168 Å². The summed E-state index contributed by atoms with van der Waals surface area (Å²) in [6.45, 7) is 0. The fourth-order valence-corrected chi connectivity index (χ4v) is 3.05. The van der Waals surface area contributed by atoms with E-state index < -0.39 is 23.6 Å². The number of carbonyl (C=O) groups is 2. The number of amides is 2. The lowest BCUT2D eigenvalue weighted by molar-refractivity contribution is -0.137. The van der Waals surface area contributed by atoms with E-state index in [9.17, 15) is 22.8 Å². The molecule has 0 unspecified atom stereocenters. The summed E-state index contributed by atoms with van der Waals surface area (Å²) in [6.07, 6.45) is 1.27. The molecule has 2 amide bonds. The molecule has 1 aliphatic rings. The van der Waals surface area contributed by atoms with Gasteiger partial charge >= 0.3 is 6.18 Å². The summed E-state index contributed by atoms with van der Waals surface area (Å²) in [5, 5.41) is 4.14. The monoisotopic (exact) mass is 415 g/mol. The molecule has 1 aromatic carbocycles. The number of carbonyl (C=O) groups excluding carboxylic acids is 2. The minimum atomic E-state index is -4.49. The van der Waals surface area contributed by atoms with Gasteiger partial charge in [-0.1, -0.05) is 6.07 Å². The van der Waals surface area contributed by atoms with Crippen molar-refractivity contribution < 1.29 is 22.8 Å². The van der Waals surface area contributed by atoms with E-state index in [1.165, 1.54) is 41.5 Å². The molecule has 1 aliphatic carbocycles. The van der Waals surface area contributed by atoms with Crippen molar-refractivity contribution in [2.24, 2.45) is 0 Å². The molecule has 3 aromatic rings. The Hall–Kier alpha value is -3.69. The Bertz CT molecular complexity index is 1090. The van der Waals surface area contributed by atoms with Crippen LogP contribution in [0.5, 0.6) is 0 Å². The van der Waals surface area contributed by atoms with E-state index in [4.69, 9.17) is 0 Å². The van der Waals surface area contributed by atoms with Crippen molar-refractivity contribution in [3.8, 4) is 5.69 Å². The number of hydrogen-bond acceptors (Lipinski definition) is 4. The highest BCUT2D eigenvalue weighted by Crippen LogP contribution is 2.42. The molecule has 30 heavy (non-hydrogen) atoms. The summed E-state index contributed by atoms with van der Waals surface area (Å²) in [5.74, 6) is -1.14. The first-order valence-corrected chi connectivity index (χ1v) is 9.11. The summed E-state index contributed by atoms with van der Waals surface area (Å²) in [6, 6.07) is 7.89. The Morgan fingerprint density at radius 3 is 2.47 bits per heavy atom. The van der Waals surface area contributed by atoms with Gasteiger partial charge in [-0.2, -0.15) is 18.3 Å². The molecule has 0 atom stereocenters. The van der Waals surface area contributed by atoms with Crippen LogP contribution in [0, 0.1) is 0 Å². The quantitative estimate of drug-likeness (QED) is 0.641. The summed E-state index contributed by atoms with van der Waals surface area (Å²) >= 11 is 0.